The van der Waals surface area contributed by atoms with E-state index in [1.165, 1.54) is 0 Å². The Morgan fingerprint density at radius 3 is 3.05 bits per heavy atom. The van der Waals surface area contributed by atoms with Crippen molar-refractivity contribution in [3.05, 3.63) is 34.9 Å². The number of benzene rings is 1. The highest BCUT2D eigenvalue weighted by Crippen LogP contribution is 2.20. The largest absolute Gasteiger partial charge is 0.377 e. The lowest BCUT2D eigenvalue weighted by Gasteiger charge is -2.18. The fraction of sp³-hybridized carbons (Fsp3) is 0.562. The van der Waals surface area contributed by atoms with E-state index in [2.05, 4.69) is 10.6 Å². The predicted molar refractivity (Wildman–Crippen MR) is 84.5 cm³/mol. The standard InChI is InChI=1S/C16H23ClN2O2/c1-2-15(12-5-3-6-13(17)9-12)19-16(20)11-18-10-14-7-4-8-21-14/h3,5-6,9,14-15,18H,2,4,7-8,10-11H2,1H3,(H,19,20)/t14-,15-/m0/s1. The van der Waals surface area contributed by atoms with Crippen molar-refractivity contribution in [1.29, 1.82) is 0 Å². The zero-order chi connectivity index (χ0) is 15.1. The first kappa shape index (κ1) is 16.3. The third-order valence-electron chi connectivity index (χ3n) is 3.68. The lowest BCUT2D eigenvalue weighted by Crippen LogP contribution is -2.38. The summed E-state index contributed by atoms with van der Waals surface area (Å²) >= 11 is 6.00. The Morgan fingerprint density at radius 1 is 1.52 bits per heavy atom. The van der Waals surface area contributed by atoms with Crippen LogP contribution in [0.3, 0.4) is 0 Å². The van der Waals surface area contributed by atoms with Gasteiger partial charge in [0.05, 0.1) is 18.7 Å². The smallest absolute Gasteiger partial charge is 0.234 e. The van der Waals surface area contributed by atoms with Gasteiger partial charge in [-0.3, -0.25) is 4.79 Å². The molecule has 2 N–H and O–H groups in total. The molecule has 1 amide bonds. The van der Waals surface area contributed by atoms with Crippen molar-refractivity contribution >= 4 is 17.5 Å². The molecular formula is C16H23ClN2O2. The number of carbonyl (C=O) groups is 1. The topological polar surface area (TPSA) is 50.4 Å². The number of hydrogen-bond donors (Lipinski definition) is 2. The van der Waals surface area contributed by atoms with Crippen LogP contribution in [0.2, 0.25) is 5.02 Å². The molecule has 0 aliphatic carbocycles. The SMILES string of the molecule is CC[C@H](NC(=O)CNC[C@@H]1CCCO1)c1cccc(Cl)c1. The molecule has 21 heavy (non-hydrogen) atoms. The van der Waals surface area contributed by atoms with Crippen molar-refractivity contribution in [3.63, 3.8) is 0 Å². The minimum Gasteiger partial charge on any atom is -0.377 e. The molecular weight excluding hydrogens is 288 g/mol. The molecule has 116 valence electrons. The zero-order valence-electron chi connectivity index (χ0n) is 12.4. The Hall–Kier alpha value is -1.10. The van der Waals surface area contributed by atoms with Crippen molar-refractivity contribution < 1.29 is 9.53 Å². The molecule has 1 aliphatic heterocycles. The zero-order valence-corrected chi connectivity index (χ0v) is 13.2. The fourth-order valence-corrected chi connectivity index (χ4v) is 2.74. The summed E-state index contributed by atoms with van der Waals surface area (Å²) in [5.74, 6) is -0.000164. The molecule has 2 rings (SSSR count). The second kappa shape index (κ2) is 8.37. The van der Waals surface area contributed by atoms with Crippen LogP contribution in [0.15, 0.2) is 24.3 Å². The molecule has 0 aromatic heterocycles. The number of hydrogen-bond acceptors (Lipinski definition) is 3. The number of amides is 1. The summed E-state index contributed by atoms with van der Waals surface area (Å²) in [5, 5.41) is 6.88. The normalized spacial score (nSPS) is 19.4. The van der Waals surface area contributed by atoms with Crippen molar-refractivity contribution in [1.82, 2.24) is 10.6 Å². The first-order valence-electron chi connectivity index (χ1n) is 7.56. The quantitative estimate of drug-likeness (QED) is 0.814. The molecule has 0 radical (unpaired) electrons. The Morgan fingerprint density at radius 2 is 2.38 bits per heavy atom. The molecule has 1 fully saturated rings. The maximum absolute atomic E-state index is 12.0. The molecule has 0 saturated carbocycles. The highest BCUT2D eigenvalue weighted by Gasteiger charge is 2.16. The number of nitrogens with one attached hydrogen (secondary N) is 2. The second-order valence-corrected chi connectivity index (χ2v) is 5.79. The summed E-state index contributed by atoms with van der Waals surface area (Å²) in [6, 6.07) is 7.63. The van der Waals surface area contributed by atoms with E-state index in [9.17, 15) is 4.79 Å². The summed E-state index contributed by atoms with van der Waals surface area (Å²) in [7, 11) is 0. The van der Waals surface area contributed by atoms with Crippen LogP contribution in [0, 0.1) is 0 Å². The first-order chi connectivity index (χ1) is 10.2. The van der Waals surface area contributed by atoms with E-state index in [4.69, 9.17) is 16.3 Å². The van der Waals surface area contributed by atoms with E-state index in [1.54, 1.807) is 0 Å². The van der Waals surface area contributed by atoms with E-state index < -0.39 is 0 Å². The van der Waals surface area contributed by atoms with E-state index >= 15 is 0 Å². The van der Waals surface area contributed by atoms with Crippen LogP contribution in [0.1, 0.15) is 37.8 Å². The van der Waals surface area contributed by atoms with Crippen LogP contribution < -0.4 is 10.6 Å². The third-order valence-corrected chi connectivity index (χ3v) is 3.91. The molecule has 4 nitrogen and oxygen atoms in total. The van der Waals surface area contributed by atoms with Gasteiger partial charge in [-0.2, -0.15) is 0 Å². The molecule has 1 aromatic carbocycles. The van der Waals surface area contributed by atoms with E-state index in [0.29, 0.717) is 11.6 Å². The molecule has 1 saturated heterocycles. The lowest BCUT2D eigenvalue weighted by molar-refractivity contribution is -0.121. The monoisotopic (exact) mass is 310 g/mol. The summed E-state index contributed by atoms with van der Waals surface area (Å²) in [5.41, 5.74) is 1.04. The minimum absolute atomic E-state index is 0.000164. The number of halogens is 1. The van der Waals surface area contributed by atoms with Gasteiger partial charge in [-0.05, 0) is 37.0 Å². The van der Waals surface area contributed by atoms with Crippen molar-refractivity contribution in [3.8, 4) is 0 Å². The average Bonchev–Trinajstić information content (AvgIpc) is 2.98. The maximum Gasteiger partial charge on any atom is 0.234 e. The van der Waals surface area contributed by atoms with Crippen LogP contribution >= 0.6 is 11.6 Å². The van der Waals surface area contributed by atoms with Gasteiger partial charge in [0.2, 0.25) is 5.91 Å². The Labute approximate surface area is 131 Å². The van der Waals surface area contributed by atoms with Gasteiger partial charge in [0.25, 0.3) is 0 Å². The highest BCUT2D eigenvalue weighted by atomic mass is 35.5. The fourth-order valence-electron chi connectivity index (χ4n) is 2.54. The molecule has 5 heteroatoms. The maximum atomic E-state index is 12.0. The lowest BCUT2D eigenvalue weighted by atomic mass is 10.0. The molecule has 0 spiro atoms. The highest BCUT2D eigenvalue weighted by molar-refractivity contribution is 6.30. The minimum atomic E-state index is -0.000164. The van der Waals surface area contributed by atoms with Crippen LogP contribution in [-0.4, -0.2) is 31.7 Å². The van der Waals surface area contributed by atoms with Gasteiger partial charge < -0.3 is 15.4 Å². The van der Waals surface area contributed by atoms with Gasteiger partial charge in [0.15, 0.2) is 0 Å². The van der Waals surface area contributed by atoms with Gasteiger partial charge in [0, 0.05) is 18.2 Å². The summed E-state index contributed by atoms with van der Waals surface area (Å²) < 4.78 is 5.51. The number of carbonyl (C=O) groups excluding carboxylic acids is 1. The van der Waals surface area contributed by atoms with Crippen molar-refractivity contribution in [2.75, 3.05) is 19.7 Å². The summed E-state index contributed by atoms with van der Waals surface area (Å²) in [4.78, 5) is 12.0. The third kappa shape index (κ3) is 5.30. The summed E-state index contributed by atoms with van der Waals surface area (Å²) in [6.07, 6.45) is 3.28. The van der Waals surface area contributed by atoms with Gasteiger partial charge >= 0.3 is 0 Å². The van der Waals surface area contributed by atoms with Gasteiger partial charge in [-0.1, -0.05) is 30.7 Å². The molecule has 0 unspecified atom stereocenters. The summed E-state index contributed by atoms with van der Waals surface area (Å²) in [6.45, 7) is 3.94. The van der Waals surface area contributed by atoms with E-state index in [1.807, 2.05) is 31.2 Å². The van der Waals surface area contributed by atoms with Gasteiger partial charge in [-0.25, -0.2) is 0 Å². The predicted octanol–water partition coefficient (Wildman–Crippen LogP) is 2.68. The van der Waals surface area contributed by atoms with Crippen LogP contribution in [0.4, 0.5) is 0 Å². The van der Waals surface area contributed by atoms with Crippen LogP contribution in [0.25, 0.3) is 0 Å². The van der Waals surface area contributed by atoms with E-state index in [0.717, 1.165) is 38.0 Å². The van der Waals surface area contributed by atoms with Crippen molar-refractivity contribution in [2.45, 2.75) is 38.3 Å². The molecule has 2 atom stereocenters. The van der Waals surface area contributed by atoms with Crippen LogP contribution in [0.5, 0.6) is 0 Å². The molecule has 1 aromatic rings. The van der Waals surface area contributed by atoms with E-state index in [-0.39, 0.29) is 18.1 Å². The molecule has 0 bridgehead atoms. The second-order valence-electron chi connectivity index (χ2n) is 5.35. The van der Waals surface area contributed by atoms with Crippen molar-refractivity contribution in [2.24, 2.45) is 0 Å². The molecule has 1 heterocycles. The van der Waals surface area contributed by atoms with Crippen LogP contribution in [-0.2, 0) is 9.53 Å². The average molecular weight is 311 g/mol. The first-order valence-corrected chi connectivity index (χ1v) is 7.94. The Kier molecular flexibility index (Phi) is 6.49. The van der Waals surface area contributed by atoms with Gasteiger partial charge in [0.1, 0.15) is 0 Å². The Balaban J connectivity index is 1.76. The molecule has 1 aliphatic rings. The number of ether oxygens (including phenoxy) is 1. The number of rotatable bonds is 7. The Bertz CT molecular complexity index is 461. The van der Waals surface area contributed by atoms with Gasteiger partial charge in [-0.15, -0.1) is 0 Å².